The Balaban J connectivity index is 0.00000162. The zero-order chi connectivity index (χ0) is 12.1. The molecule has 0 spiro atoms. The highest BCUT2D eigenvalue weighted by Gasteiger charge is 2.38. The fourth-order valence-electron chi connectivity index (χ4n) is 2.08. The Bertz CT molecular complexity index is 371. The summed E-state index contributed by atoms with van der Waals surface area (Å²) in [6.45, 7) is 6.54. The number of hydrogen-bond donors (Lipinski definition) is 0. The molecule has 1 aromatic carbocycles. The number of likely N-dealkylation sites (N-methyl/N-ethyl adjacent to an activating group) is 1. The molecule has 1 atom stereocenters. The highest BCUT2D eigenvalue weighted by molar-refractivity contribution is 5.85. The van der Waals surface area contributed by atoms with Crippen LogP contribution in [0.15, 0.2) is 43.0 Å². The standard InChI is InChI=1S/C14H19NO2.ClH/c1-3-10-16-14(12-15(2)9-11-17-14)13-7-5-4-6-8-13;/h3-8H,1,9-12H2,2H3;1H. The van der Waals surface area contributed by atoms with Gasteiger partial charge in [-0.05, 0) is 7.05 Å². The largest absolute Gasteiger partial charge is 0.343 e. The van der Waals surface area contributed by atoms with E-state index < -0.39 is 5.79 Å². The van der Waals surface area contributed by atoms with E-state index in [1.807, 2.05) is 30.3 Å². The van der Waals surface area contributed by atoms with Crippen LogP contribution in [0.1, 0.15) is 5.56 Å². The van der Waals surface area contributed by atoms with E-state index in [4.69, 9.17) is 9.47 Å². The fraction of sp³-hybridized carbons (Fsp3) is 0.429. The smallest absolute Gasteiger partial charge is 0.208 e. The number of hydrogen-bond acceptors (Lipinski definition) is 3. The molecule has 1 fully saturated rings. The second-order valence-electron chi connectivity index (χ2n) is 4.30. The lowest BCUT2D eigenvalue weighted by atomic mass is 10.0. The third kappa shape index (κ3) is 3.33. The minimum Gasteiger partial charge on any atom is -0.343 e. The molecule has 0 N–H and O–H groups in total. The van der Waals surface area contributed by atoms with Crippen LogP contribution in [-0.4, -0.2) is 38.3 Å². The van der Waals surface area contributed by atoms with Crippen molar-refractivity contribution in [1.82, 2.24) is 4.90 Å². The molecule has 2 rings (SSSR count). The van der Waals surface area contributed by atoms with Crippen LogP contribution < -0.4 is 0 Å². The van der Waals surface area contributed by atoms with Crippen molar-refractivity contribution < 1.29 is 9.47 Å². The van der Waals surface area contributed by atoms with E-state index in [0.29, 0.717) is 13.2 Å². The average molecular weight is 270 g/mol. The first-order valence-electron chi connectivity index (χ1n) is 5.90. The molecule has 0 amide bonds. The summed E-state index contributed by atoms with van der Waals surface area (Å²) >= 11 is 0. The Kier molecular flexibility index (Phi) is 5.82. The zero-order valence-electron chi connectivity index (χ0n) is 10.7. The summed E-state index contributed by atoms with van der Waals surface area (Å²) in [4.78, 5) is 2.22. The molecule has 1 aliphatic heterocycles. The fourth-order valence-corrected chi connectivity index (χ4v) is 2.08. The molecule has 3 nitrogen and oxygen atoms in total. The highest BCUT2D eigenvalue weighted by Crippen LogP contribution is 2.30. The predicted octanol–water partition coefficient (Wildman–Crippen LogP) is 2.43. The van der Waals surface area contributed by atoms with Crippen LogP contribution in [-0.2, 0) is 15.3 Å². The maximum atomic E-state index is 5.91. The van der Waals surface area contributed by atoms with Gasteiger partial charge in [-0.1, -0.05) is 36.4 Å². The number of nitrogens with zero attached hydrogens (tertiary/aromatic N) is 1. The summed E-state index contributed by atoms with van der Waals surface area (Å²) in [5.41, 5.74) is 1.06. The molecule has 0 bridgehead atoms. The number of ether oxygens (including phenoxy) is 2. The lowest BCUT2D eigenvalue weighted by molar-refractivity contribution is -0.269. The van der Waals surface area contributed by atoms with Gasteiger partial charge in [0.1, 0.15) is 0 Å². The van der Waals surface area contributed by atoms with Gasteiger partial charge in [0.25, 0.3) is 0 Å². The highest BCUT2D eigenvalue weighted by atomic mass is 35.5. The first-order chi connectivity index (χ1) is 8.27. The van der Waals surface area contributed by atoms with E-state index in [0.717, 1.165) is 18.7 Å². The van der Waals surface area contributed by atoms with Crippen LogP contribution in [0.2, 0.25) is 0 Å². The monoisotopic (exact) mass is 269 g/mol. The van der Waals surface area contributed by atoms with Crippen molar-refractivity contribution in [2.24, 2.45) is 0 Å². The zero-order valence-corrected chi connectivity index (χ0v) is 11.5. The summed E-state index contributed by atoms with van der Waals surface area (Å²) in [5, 5.41) is 0. The Hall–Kier alpha value is -0.870. The molecule has 0 aliphatic carbocycles. The second-order valence-corrected chi connectivity index (χ2v) is 4.30. The Morgan fingerprint density at radius 3 is 2.78 bits per heavy atom. The molecule has 1 unspecified atom stereocenters. The molecule has 1 aromatic rings. The molecule has 0 radical (unpaired) electrons. The van der Waals surface area contributed by atoms with Crippen LogP contribution in [0.25, 0.3) is 0 Å². The molecule has 4 heteroatoms. The second kappa shape index (κ2) is 6.90. The minimum atomic E-state index is -0.650. The SMILES string of the molecule is C=CCOC1(c2ccccc2)CN(C)CCO1.Cl. The Morgan fingerprint density at radius 2 is 2.17 bits per heavy atom. The van der Waals surface area contributed by atoms with Gasteiger partial charge < -0.3 is 9.47 Å². The van der Waals surface area contributed by atoms with Crippen LogP contribution in [0, 0.1) is 0 Å². The van der Waals surface area contributed by atoms with Crippen molar-refractivity contribution in [3.8, 4) is 0 Å². The third-order valence-electron chi connectivity index (χ3n) is 2.93. The predicted molar refractivity (Wildman–Crippen MR) is 75.0 cm³/mol. The van der Waals surface area contributed by atoms with Crippen molar-refractivity contribution in [2.45, 2.75) is 5.79 Å². The van der Waals surface area contributed by atoms with Gasteiger partial charge in [-0.25, -0.2) is 0 Å². The molecule has 18 heavy (non-hydrogen) atoms. The van der Waals surface area contributed by atoms with Gasteiger partial charge in [0.2, 0.25) is 5.79 Å². The lowest BCUT2D eigenvalue weighted by Crippen LogP contribution is -2.50. The van der Waals surface area contributed by atoms with Gasteiger partial charge in [0.05, 0.1) is 19.8 Å². The van der Waals surface area contributed by atoms with Gasteiger partial charge in [0, 0.05) is 12.1 Å². The van der Waals surface area contributed by atoms with Crippen LogP contribution >= 0.6 is 12.4 Å². The van der Waals surface area contributed by atoms with Gasteiger partial charge in [-0.3, -0.25) is 4.90 Å². The topological polar surface area (TPSA) is 21.7 Å². The van der Waals surface area contributed by atoms with E-state index in [-0.39, 0.29) is 12.4 Å². The molecular formula is C14H20ClNO2. The van der Waals surface area contributed by atoms with Gasteiger partial charge in [-0.2, -0.15) is 0 Å². The quantitative estimate of drug-likeness (QED) is 0.784. The summed E-state index contributed by atoms with van der Waals surface area (Å²) in [6, 6.07) is 10.1. The van der Waals surface area contributed by atoms with E-state index in [1.54, 1.807) is 6.08 Å². The molecule has 1 aliphatic rings. The third-order valence-corrected chi connectivity index (χ3v) is 2.93. The summed E-state index contributed by atoms with van der Waals surface area (Å²) < 4.78 is 11.8. The van der Waals surface area contributed by atoms with E-state index >= 15 is 0 Å². The summed E-state index contributed by atoms with van der Waals surface area (Å²) in [5.74, 6) is -0.650. The normalized spacial score (nSPS) is 24.3. The van der Waals surface area contributed by atoms with Crippen LogP contribution in [0.5, 0.6) is 0 Å². The first kappa shape index (κ1) is 15.2. The lowest BCUT2D eigenvalue weighted by Gasteiger charge is -2.41. The molecular weight excluding hydrogens is 250 g/mol. The number of halogens is 1. The molecule has 1 heterocycles. The van der Waals surface area contributed by atoms with Crippen molar-refractivity contribution in [3.63, 3.8) is 0 Å². The van der Waals surface area contributed by atoms with Gasteiger partial charge in [0.15, 0.2) is 0 Å². The number of morpholine rings is 1. The maximum absolute atomic E-state index is 5.91. The molecule has 0 saturated carbocycles. The van der Waals surface area contributed by atoms with E-state index in [2.05, 4.69) is 18.5 Å². The molecule has 100 valence electrons. The maximum Gasteiger partial charge on any atom is 0.208 e. The van der Waals surface area contributed by atoms with Crippen molar-refractivity contribution >= 4 is 12.4 Å². The minimum absolute atomic E-state index is 0. The van der Waals surface area contributed by atoms with E-state index in [1.165, 1.54) is 0 Å². The number of benzene rings is 1. The Morgan fingerprint density at radius 1 is 1.44 bits per heavy atom. The van der Waals surface area contributed by atoms with Gasteiger partial charge >= 0.3 is 0 Å². The average Bonchev–Trinajstić information content (AvgIpc) is 2.37. The summed E-state index contributed by atoms with van der Waals surface area (Å²) in [7, 11) is 2.08. The van der Waals surface area contributed by atoms with Gasteiger partial charge in [-0.15, -0.1) is 19.0 Å². The van der Waals surface area contributed by atoms with Crippen LogP contribution in [0.3, 0.4) is 0 Å². The molecule has 1 saturated heterocycles. The first-order valence-corrected chi connectivity index (χ1v) is 5.90. The van der Waals surface area contributed by atoms with Crippen molar-refractivity contribution in [3.05, 3.63) is 48.6 Å². The van der Waals surface area contributed by atoms with E-state index in [9.17, 15) is 0 Å². The summed E-state index contributed by atoms with van der Waals surface area (Å²) in [6.07, 6.45) is 1.75. The Labute approximate surface area is 115 Å². The van der Waals surface area contributed by atoms with Crippen LogP contribution in [0.4, 0.5) is 0 Å². The molecule has 0 aromatic heterocycles. The van der Waals surface area contributed by atoms with Crippen molar-refractivity contribution in [2.75, 3.05) is 33.4 Å². The number of rotatable bonds is 4. The van der Waals surface area contributed by atoms with Crippen molar-refractivity contribution in [1.29, 1.82) is 0 Å².